The molecule has 3 aromatic rings. The molecule has 0 unspecified atom stereocenters. The highest BCUT2D eigenvalue weighted by molar-refractivity contribution is 7.89. The van der Waals surface area contributed by atoms with Crippen LogP contribution in [0, 0.1) is 6.92 Å². The minimum absolute atomic E-state index is 0.148. The summed E-state index contributed by atoms with van der Waals surface area (Å²) in [6, 6.07) is 14.2. The third kappa shape index (κ3) is 3.58. The van der Waals surface area contributed by atoms with Gasteiger partial charge < -0.3 is 10.3 Å². The summed E-state index contributed by atoms with van der Waals surface area (Å²) in [6.45, 7) is 2.08. The van der Waals surface area contributed by atoms with Crippen LogP contribution in [0.25, 0.3) is 11.5 Å². The third-order valence-electron chi connectivity index (χ3n) is 5.18. The van der Waals surface area contributed by atoms with Gasteiger partial charge in [-0.2, -0.15) is 4.98 Å². The predicted octanol–water partition coefficient (Wildman–Crippen LogP) is 2.86. The number of nitrogens with one attached hydrogen (secondary N) is 1. The normalized spacial score (nSPS) is 15.9. The second kappa shape index (κ2) is 7.12. The van der Waals surface area contributed by atoms with Gasteiger partial charge in [0.15, 0.2) is 5.82 Å². The number of rotatable bonds is 6. The van der Waals surface area contributed by atoms with Crippen molar-refractivity contribution in [2.45, 2.75) is 43.2 Å². The Morgan fingerprint density at radius 3 is 2.61 bits per heavy atom. The van der Waals surface area contributed by atoms with Gasteiger partial charge in [0.05, 0.1) is 10.4 Å². The summed E-state index contributed by atoms with van der Waals surface area (Å²) < 4.78 is 33.5. The molecule has 0 spiro atoms. The summed E-state index contributed by atoms with van der Waals surface area (Å²) in [5.74, 6) is 0.757. The van der Waals surface area contributed by atoms with Crippen LogP contribution < -0.4 is 10.5 Å². The molecule has 1 saturated carbocycles. The summed E-state index contributed by atoms with van der Waals surface area (Å²) in [5.41, 5.74) is 8.04. The molecule has 0 atom stereocenters. The van der Waals surface area contributed by atoms with Crippen LogP contribution in [-0.2, 0) is 22.1 Å². The van der Waals surface area contributed by atoms with E-state index in [2.05, 4.69) is 14.9 Å². The van der Waals surface area contributed by atoms with Crippen molar-refractivity contribution in [2.24, 2.45) is 5.73 Å². The van der Waals surface area contributed by atoms with E-state index in [4.69, 9.17) is 10.3 Å². The van der Waals surface area contributed by atoms with E-state index in [9.17, 15) is 8.42 Å². The summed E-state index contributed by atoms with van der Waals surface area (Å²) in [6.07, 6.45) is 2.69. The fourth-order valence-electron chi connectivity index (χ4n) is 3.17. The Labute approximate surface area is 164 Å². The van der Waals surface area contributed by atoms with E-state index >= 15 is 0 Å². The van der Waals surface area contributed by atoms with Gasteiger partial charge in [-0.05, 0) is 49.4 Å². The van der Waals surface area contributed by atoms with Crippen molar-refractivity contribution >= 4 is 10.0 Å². The first-order chi connectivity index (χ1) is 13.4. The van der Waals surface area contributed by atoms with Crippen molar-refractivity contribution in [2.75, 3.05) is 0 Å². The van der Waals surface area contributed by atoms with Crippen LogP contribution in [-0.4, -0.2) is 18.6 Å². The number of nitrogens with zero attached hydrogens (tertiary/aromatic N) is 2. The van der Waals surface area contributed by atoms with Crippen molar-refractivity contribution in [1.29, 1.82) is 0 Å². The Morgan fingerprint density at radius 2 is 1.93 bits per heavy atom. The summed E-state index contributed by atoms with van der Waals surface area (Å²) >= 11 is 0. The van der Waals surface area contributed by atoms with E-state index in [0.29, 0.717) is 11.4 Å². The predicted molar refractivity (Wildman–Crippen MR) is 105 cm³/mol. The minimum Gasteiger partial charge on any atom is -0.334 e. The topological polar surface area (TPSA) is 111 Å². The molecule has 8 heteroatoms. The van der Waals surface area contributed by atoms with Gasteiger partial charge >= 0.3 is 0 Å². The SMILES string of the molecule is Cc1ccc(S(=O)(=O)NCc2ccccc2)cc1-c1nc(C2(N)CCC2)no1. The summed E-state index contributed by atoms with van der Waals surface area (Å²) in [4.78, 5) is 4.58. The maximum absolute atomic E-state index is 12.7. The zero-order valence-corrected chi connectivity index (χ0v) is 16.4. The molecule has 1 fully saturated rings. The quantitative estimate of drug-likeness (QED) is 0.660. The first-order valence-electron chi connectivity index (χ1n) is 9.15. The highest BCUT2D eigenvalue weighted by Gasteiger charge is 2.39. The average molecular weight is 398 g/mol. The molecule has 4 rings (SSSR count). The average Bonchev–Trinajstić information content (AvgIpc) is 3.16. The van der Waals surface area contributed by atoms with Gasteiger partial charge in [-0.25, -0.2) is 13.1 Å². The standard InChI is InChI=1S/C20H22N4O3S/c1-14-8-9-16(28(25,26)22-13-15-6-3-2-4-7-15)12-17(14)18-23-19(24-27-18)20(21)10-5-11-20/h2-4,6-9,12,22H,5,10-11,13,21H2,1H3. The number of aromatic nitrogens is 2. The minimum atomic E-state index is -3.69. The van der Waals surface area contributed by atoms with E-state index in [1.807, 2.05) is 37.3 Å². The zero-order chi connectivity index (χ0) is 19.8. The van der Waals surface area contributed by atoms with Crippen molar-refractivity contribution in [3.8, 4) is 11.5 Å². The number of sulfonamides is 1. The van der Waals surface area contributed by atoms with Crippen LogP contribution in [0.2, 0.25) is 0 Å². The Hall–Kier alpha value is -2.55. The molecule has 28 heavy (non-hydrogen) atoms. The largest absolute Gasteiger partial charge is 0.334 e. The van der Waals surface area contributed by atoms with Gasteiger partial charge in [-0.1, -0.05) is 41.6 Å². The van der Waals surface area contributed by atoms with Crippen LogP contribution >= 0.6 is 0 Å². The van der Waals surface area contributed by atoms with Crippen molar-refractivity contribution in [1.82, 2.24) is 14.9 Å². The molecule has 0 radical (unpaired) electrons. The lowest BCUT2D eigenvalue weighted by atomic mass is 9.77. The van der Waals surface area contributed by atoms with Gasteiger partial charge in [0, 0.05) is 12.1 Å². The van der Waals surface area contributed by atoms with E-state index in [1.165, 1.54) is 0 Å². The molecule has 0 aliphatic heterocycles. The first kappa shape index (κ1) is 18.8. The smallest absolute Gasteiger partial charge is 0.258 e. The van der Waals surface area contributed by atoms with E-state index < -0.39 is 15.6 Å². The van der Waals surface area contributed by atoms with Crippen molar-refractivity contribution in [3.05, 3.63) is 65.5 Å². The molecular weight excluding hydrogens is 376 g/mol. The molecule has 0 bridgehead atoms. The Kier molecular flexibility index (Phi) is 4.78. The lowest BCUT2D eigenvalue weighted by Gasteiger charge is -2.34. The van der Waals surface area contributed by atoms with E-state index in [-0.39, 0.29) is 17.3 Å². The van der Waals surface area contributed by atoms with Gasteiger partial charge in [0.25, 0.3) is 5.89 Å². The number of aryl methyl sites for hydroxylation is 1. The third-order valence-corrected chi connectivity index (χ3v) is 6.57. The number of hydrogen-bond donors (Lipinski definition) is 2. The first-order valence-corrected chi connectivity index (χ1v) is 10.6. The zero-order valence-electron chi connectivity index (χ0n) is 15.6. The highest BCUT2D eigenvalue weighted by Crippen LogP contribution is 2.38. The van der Waals surface area contributed by atoms with Crippen LogP contribution in [0.1, 0.15) is 36.2 Å². The van der Waals surface area contributed by atoms with Gasteiger partial charge in [0.1, 0.15) is 0 Å². The molecule has 1 aliphatic carbocycles. The van der Waals surface area contributed by atoms with Crippen LogP contribution in [0.5, 0.6) is 0 Å². The van der Waals surface area contributed by atoms with Crippen LogP contribution in [0.3, 0.4) is 0 Å². The van der Waals surface area contributed by atoms with Gasteiger partial charge in [0.2, 0.25) is 10.0 Å². The maximum atomic E-state index is 12.7. The maximum Gasteiger partial charge on any atom is 0.258 e. The molecule has 7 nitrogen and oxygen atoms in total. The molecule has 3 N–H and O–H groups in total. The Balaban J connectivity index is 1.60. The lowest BCUT2D eigenvalue weighted by molar-refractivity contribution is 0.229. The molecular formula is C20H22N4O3S. The molecule has 0 amide bonds. The van der Waals surface area contributed by atoms with E-state index in [0.717, 1.165) is 30.4 Å². The van der Waals surface area contributed by atoms with Gasteiger partial charge in [-0.15, -0.1) is 0 Å². The molecule has 1 aromatic heterocycles. The monoisotopic (exact) mass is 398 g/mol. The summed E-state index contributed by atoms with van der Waals surface area (Å²) in [7, 11) is -3.69. The molecule has 146 valence electrons. The second-order valence-corrected chi connectivity index (χ2v) is 8.99. The number of nitrogens with two attached hydrogens (primary N) is 1. The van der Waals surface area contributed by atoms with Crippen LogP contribution in [0.4, 0.5) is 0 Å². The van der Waals surface area contributed by atoms with Crippen LogP contribution in [0.15, 0.2) is 57.9 Å². The fraction of sp³-hybridized carbons (Fsp3) is 0.300. The number of benzene rings is 2. The molecule has 1 heterocycles. The molecule has 0 saturated heterocycles. The lowest BCUT2D eigenvalue weighted by Crippen LogP contribution is -2.44. The number of hydrogen-bond acceptors (Lipinski definition) is 6. The van der Waals surface area contributed by atoms with Gasteiger partial charge in [-0.3, -0.25) is 0 Å². The molecule has 1 aliphatic rings. The summed E-state index contributed by atoms with van der Waals surface area (Å²) in [5, 5.41) is 4.02. The molecule has 2 aromatic carbocycles. The van der Waals surface area contributed by atoms with Crippen molar-refractivity contribution < 1.29 is 12.9 Å². The second-order valence-electron chi connectivity index (χ2n) is 7.22. The van der Waals surface area contributed by atoms with Crippen molar-refractivity contribution in [3.63, 3.8) is 0 Å². The Bertz CT molecular complexity index is 1090. The fourth-order valence-corrected chi connectivity index (χ4v) is 4.22. The highest BCUT2D eigenvalue weighted by atomic mass is 32.2. The Morgan fingerprint density at radius 1 is 1.18 bits per heavy atom. The van der Waals surface area contributed by atoms with E-state index in [1.54, 1.807) is 18.2 Å².